The monoisotopic (exact) mass is 442 g/mol. The molecule has 31 heavy (non-hydrogen) atoms. The minimum Gasteiger partial charge on any atom is -0.452 e. The van der Waals surface area contributed by atoms with Gasteiger partial charge >= 0.3 is 5.97 Å². The normalized spacial score (nSPS) is 16.0. The van der Waals surface area contributed by atoms with Crippen molar-refractivity contribution in [2.24, 2.45) is 5.14 Å². The lowest BCUT2D eigenvalue weighted by molar-refractivity contribution is -0.143. The van der Waals surface area contributed by atoms with Gasteiger partial charge in [0.05, 0.1) is 4.90 Å². The van der Waals surface area contributed by atoms with Crippen molar-refractivity contribution in [3.8, 4) is 0 Å². The third kappa shape index (κ3) is 5.39. The summed E-state index contributed by atoms with van der Waals surface area (Å²) < 4.78 is 28.2. The predicted molar refractivity (Wildman–Crippen MR) is 119 cm³/mol. The molecule has 1 heterocycles. The maximum absolute atomic E-state index is 12.7. The van der Waals surface area contributed by atoms with Gasteiger partial charge in [0.15, 0.2) is 6.61 Å². The number of carbonyl (C=O) groups is 2. The summed E-state index contributed by atoms with van der Waals surface area (Å²) in [6.07, 6.45) is 3.42. The van der Waals surface area contributed by atoms with Crippen molar-refractivity contribution in [1.82, 2.24) is 0 Å². The number of primary sulfonamides is 1. The second-order valence-electron chi connectivity index (χ2n) is 7.91. The van der Waals surface area contributed by atoms with Crippen molar-refractivity contribution in [2.45, 2.75) is 44.0 Å². The molecule has 1 aliphatic heterocycles. The van der Waals surface area contributed by atoms with Crippen molar-refractivity contribution in [2.75, 3.05) is 11.5 Å². The summed E-state index contributed by atoms with van der Waals surface area (Å²) >= 11 is 0. The van der Waals surface area contributed by atoms with Crippen LogP contribution < -0.4 is 10.0 Å². The number of fused-ring (bicyclic) bond motifs is 1. The first-order valence-corrected chi connectivity index (χ1v) is 11.5. The Morgan fingerprint density at radius 3 is 2.48 bits per heavy atom. The quantitative estimate of drug-likeness (QED) is 0.547. The van der Waals surface area contributed by atoms with E-state index in [1.165, 1.54) is 28.7 Å². The van der Waals surface area contributed by atoms with Gasteiger partial charge in [0.2, 0.25) is 10.0 Å². The van der Waals surface area contributed by atoms with Crippen molar-refractivity contribution in [1.29, 1.82) is 0 Å². The topological polar surface area (TPSA) is 107 Å². The van der Waals surface area contributed by atoms with E-state index in [1.54, 1.807) is 12.1 Å². The highest BCUT2D eigenvalue weighted by Crippen LogP contribution is 2.33. The Morgan fingerprint density at radius 1 is 1.19 bits per heavy atom. The molecule has 2 aromatic rings. The molecule has 0 saturated carbocycles. The zero-order chi connectivity index (χ0) is 22.8. The molecule has 0 aromatic heterocycles. The largest absolute Gasteiger partial charge is 0.452 e. The van der Waals surface area contributed by atoms with E-state index in [0.29, 0.717) is 23.6 Å². The SMILES string of the molecule is CC(C)c1ccc(/C=C/C(=O)OCC(=O)N2c3ccc(S(N)(=O)=O)cc3CC2C)cc1. The fraction of sp³-hybridized carbons (Fsp3) is 0.304. The van der Waals surface area contributed by atoms with Gasteiger partial charge in [-0.25, -0.2) is 18.4 Å². The summed E-state index contributed by atoms with van der Waals surface area (Å²) in [5, 5.41) is 5.18. The van der Waals surface area contributed by atoms with Crippen LogP contribution in [0.25, 0.3) is 6.08 Å². The van der Waals surface area contributed by atoms with E-state index in [-0.39, 0.29) is 16.8 Å². The van der Waals surface area contributed by atoms with Gasteiger partial charge in [0.25, 0.3) is 5.91 Å². The van der Waals surface area contributed by atoms with Crippen LogP contribution in [-0.2, 0) is 30.8 Å². The third-order valence-electron chi connectivity index (χ3n) is 5.22. The van der Waals surface area contributed by atoms with Crippen LogP contribution in [0.1, 0.15) is 43.4 Å². The standard InChI is InChI=1S/C23H26N2O5S/c1-15(2)18-7-4-17(5-8-18)6-11-23(27)30-14-22(26)25-16(3)12-19-13-20(31(24,28)29)9-10-21(19)25/h4-11,13,15-16H,12,14H2,1-3H3,(H2,24,28,29)/b11-6+. The molecule has 1 aliphatic rings. The first-order chi connectivity index (χ1) is 14.6. The number of hydrogen-bond acceptors (Lipinski definition) is 5. The summed E-state index contributed by atoms with van der Waals surface area (Å²) in [5.74, 6) is -0.561. The molecule has 1 unspecified atom stereocenters. The van der Waals surface area contributed by atoms with Gasteiger partial charge in [-0.3, -0.25) is 4.79 Å². The molecular formula is C23H26N2O5S. The number of benzene rings is 2. The van der Waals surface area contributed by atoms with Crippen LogP contribution in [0.5, 0.6) is 0 Å². The minimum atomic E-state index is -3.82. The molecule has 2 aromatic carbocycles. The summed E-state index contributed by atoms with van der Waals surface area (Å²) in [6, 6.07) is 12.1. The van der Waals surface area contributed by atoms with Gasteiger partial charge in [0.1, 0.15) is 0 Å². The highest BCUT2D eigenvalue weighted by molar-refractivity contribution is 7.89. The van der Waals surface area contributed by atoms with E-state index in [9.17, 15) is 18.0 Å². The fourth-order valence-corrected chi connectivity index (χ4v) is 4.14. The molecule has 0 radical (unpaired) electrons. The number of amides is 1. The molecule has 164 valence electrons. The highest BCUT2D eigenvalue weighted by Gasteiger charge is 2.32. The molecular weight excluding hydrogens is 416 g/mol. The zero-order valence-corrected chi connectivity index (χ0v) is 18.6. The molecule has 8 heteroatoms. The third-order valence-corrected chi connectivity index (χ3v) is 6.13. The maximum Gasteiger partial charge on any atom is 0.331 e. The van der Waals surface area contributed by atoms with Gasteiger partial charge in [-0.2, -0.15) is 0 Å². The number of nitrogens with zero attached hydrogens (tertiary/aromatic N) is 1. The van der Waals surface area contributed by atoms with Crippen molar-refractivity contribution < 1.29 is 22.7 Å². The van der Waals surface area contributed by atoms with Crippen LogP contribution in [0.3, 0.4) is 0 Å². The van der Waals surface area contributed by atoms with Crippen LogP contribution >= 0.6 is 0 Å². The Bertz CT molecular complexity index is 1120. The van der Waals surface area contributed by atoms with Crippen molar-refractivity contribution >= 4 is 33.7 Å². The lowest BCUT2D eigenvalue weighted by Crippen LogP contribution is -2.38. The first-order valence-electron chi connectivity index (χ1n) is 9.99. The average molecular weight is 443 g/mol. The van der Waals surface area contributed by atoms with Crippen LogP contribution in [0.15, 0.2) is 53.4 Å². The number of hydrogen-bond donors (Lipinski definition) is 1. The van der Waals surface area contributed by atoms with Crippen LogP contribution in [0, 0.1) is 0 Å². The number of sulfonamides is 1. The van der Waals surface area contributed by atoms with E-state index in [1.807, 2.05) is 31.2 Å². The van der Waals surface area contributed by atoms with Crippen molar-refractivity contribution in [3.63, 3.8) is 0 Å². The molecule has 0 fully saturated rings. The van der Waals surface area contributed by atoms with Gasteiger partial charge in [0, 0.05) is 17.8 Å². The van der Waals surface area contributed by atoms with Gasteiger partial charge < -0.3 is 9.64 Å². The van der Waals surface area contributed by atoms with E-state index >= 15 is 0 Å². The summed E-state index contributed by atoms with van der Waals surface area (Å²) in [7, 11) is -3.82. The number of nitrogens with two attached hydrogens (primary N) is 1. The van der Waals surface area contributed by atoms with Gasteiger partial charge in [-0.1, -0.05) is 38.1 Å². The summed E-state index contributed by atoms with van der Waals surface area (Å²) in [6.45, 7) is 5.66. The second kappa shape index (κ2) is 9.03. The van der Waals surface area contributed by atoms with E-state index in [4.69, 9.17) is 9.88 Å². The number of carbonyl (C=O) groups excluding carboxylic acids is 2. The highest BCUT2D eigenvalue weighted by atomic mass is 32.2. The molecule has 0 saturated heterocycles. The smallest absolute Gasteiger partial charge is 0.331 e. The Kier molecular flexibility index (Phi) is 6.62. The Balaban J connectivity index is 1.61. The zero-order valence-electron chi connectivity index (χ0n) is 17.7. The summed E-state index contributed by atoms with van der Waals surface area (Å²) in [5.41, 5.74) is 3.38. The van der Waals surface area contributed by atoms with Crippen LogP contribution in [0.4, 0.5) is 5.69 Å². The van der Waals surface area contributed by atoms with E-state index < -0.39 is 22.6 Å². The van der Waals surface area contributed by atoms with Crippen LogP contribution in [0.2, 0.25) is 0 Å². The van der Waals surface area contributed by atoms with Gasteiger partial charge in [-0.05, 0) is 60.2 Å². The maximum atomic E-state index is 12.7. The predicted octanol–water partition coefficient (Wildman–Crippen LogP) is 2.99. The molecule has 3 rings (SSSR count). The van der Waals surface area contributed by atoms with Crippen LogP contribution in [-0.4, -0.2) is 32.9 Å². The lowest BCUT2D eigenvalue weighted by Gasteiger charge is -2.22. The molecule has 0 bridgehead atoms. The molecule has 2 N–H and O–H groups in total. The second-order valence-corrected chi connectivity index (χ2v) is 9.48. The Morgan fingerprint density at radius 2 is 1.87 bits per heavy atom. The number of rotatable bonds is 6. The molecule has 1 amide bonds. The Labute approximate surface area is 182 Å². The number of ether oxygens (including phenoxy) is 1. The summed E-state index contributed by atoms with van der Waals surface area (Å²) in [4.78, 5) is 26.2. The fourth-order valence-electron chi connectivity index (χ4n) is 3.57. The van der Waals surface area contributed by atoms with E-state index in [0.717, 1.165) is 5.56 Å². The first kappa shape index (κ1) is 22.7. The average Bonchev–Trinajstić information content (AvgIpc) is 3.05. The molecule has 0 spiro atoms. The number of esters is 1. The number of anilines is 1. The minimum absolute atomic E-state index is 0.00532. The van der Waals surface area contributed by atoms with Gasteiger partial charge in [-0.15, -0.1) is 0 Å². The molecule has 7 nitrogen and oxygen atoms in total. The molecule has 1 atom stereocenters. The molecule has 0 aliphatic carbocycles. The Hall–Kier alpha value is -2.97. The van der Waals surface area contributed by atoms with Crippen molar-refractivity contribution in [3.05, 3.63) is 65.2 Å². The lowest BCUT2D eigenvalue weighted by atomic mass is 10.0. The van der Waals surface area contributed by atoms with E-state index in [2.05, 4.69) is 13.8 Å².